The molecular formula is C25H23N3O5. The first kappa shape index (κ1) is 22.0. The first-order valence-corrected chi connectivity index (χ1v) is 10.6. The Kier molecular flexibility index (Phi) is 6.64. The maximum Gasteiger partial charge on any atom is 0.410 e. The molecule has 0 bridgehead atoms. The third-order valence-corrected chi connectivity index (χ3v) is 5.56. The summed E-state index contributed by atoms with van der Waals surface area (Å²) in [6.07, 6.45) is -0.416. The first-order chi connectivity index (χ1) is 16.0. The molecule has 3 aromatic rings. The minimum Gasteiger partial charge on any atom is -0.445 e. The van der Waals surface area contributed by atoms with E-state index in [1.54, 1.807) is 47.4 Å². The fraction of sp³-hybridized carbons (Fsp3) is 0.200. The minimum atomic E-state index is -0.508. The van der Waals surface area contributed by atoms with E-state index in [0.717, 1.165) is 5.56 Å². The maximum atomic E-state index is 12.9. The number of carbonyl (C=O) groups is 2. The fourth-order valence-electron chi connectivity index (χ4n) is 3.85. The molecule has 8 nitrogen and oxygen atoms in total. The summed E-state index contributed by atoms with van der Waals surface area (Å²) in [5, 5.41) is 12.0. The van der Waals surface area contributed by atoms with E-state index in [4.69, 9.17) is 4.74 Å². The normalized spacial score (nSPS) is 13.5. The van der Waals surface area contributed by atoms with Crippen LogP contribution in [0.2, 0.25) is 0 Å². The second kappa shape index (κ2) is 9.95. The number of nitro benzene ring substituents is 1. The molecule has 1 aliphatic rings. The van der Waals surface area contributed by atoms with Crippen molar-refractivity contribution in [3.05, 3.63) is 106 Å². The van der Waals surface area contributed by atoms with Crippen LogP contribution in [0.25, 0.3) is 0 Å². The van der Waals surface area contributed by atoms with E-state index in [9.17, 15) is 19.7 Å². The zero-order valence-corrected chi connectivity index (χ0v) is 17.9. The highest BCUT2D eigenvalue weighted by Gasteiger charge is 2.30. The van der Waals surface area contributed by atoms with Gasteiger partial charge in [-0.2, -0.15) is 0 Å². The molecule has 0 atom stereocenters. The molecule has 4 rings (SSSR count). The number of anilines is 1. The van der Waals surface area contributed by atoms with Gasteiger partial charge in [-0.05, 0) is 17.7 Å². The monoisotopic (exact) mass is 445 g/mol. The molecule has 3 aromatic carbocycles. The number of ether oxygens (including phenoxy) is 1. The average molecular weight is 445 g/mol. The SMILES string of the molecule is O=C(c1ccccc1)c1cccc(N2CCN(C(=O)OCc3ccccc3)CC2)c1[N+](=O)[O-]. The molecule has 0 saturated carbocycles. The number of ketones is 1. The van der Waals surface area contributed by atoms with Gasteiger partial charge >= 0.3 is 11.8 Å². The van der Waals surface area contributed by atoms with Crippen LogP contribution in [0.4, 0.5) is 16.2 Å². The van der Waals surface area contributed by atoms with Gasteiger partial charge < -0.3 is 14.5 Å². The highest BCUT2D eigenvalue weighted by atomic mass is 16.6. The number of amides is 1. The number of piperazine rings is 1. The zero-order valence-electron chi connectivity index (χ0n) is 17.9. The molecule has 1 amide bonds. The van der Waals surface area contributed by atoms with Crippen molar-refractivity contribution < 1.29 is 19.2 Å². The van der Waals surface area contributed by atoms with Crippen molar-refractivity contribution in [2.24, 2.45) is 0 Å². The van der Waals surface area contributed by atoms with Crippen LogP contribution >= 0.6 is 0 Å². The molecule has 0 unspecified atom stereocenters. The third-order valence-electron chi connectivity index (χ3n) is 5.56. The topological polar surface area (TPSA) is 93.0 Å². The number of benzene rings is 3. The Labute approximate surface area is 191 Å². The van der Waals surface area contributed by atoms with E-state index >= 15 is 0 Å². The average Bonchev–Trinajstić information content (AvgIpc) is 2.87. The predicted molar refractivity (Wildman–Crippen MR) is 123 cm³/mol. The quantitative estimate of drug-likeness (QED) is 0.319. The second-order valence-electron chi connectivity index (χ2n) is 7.64. The van der Waals surface area contributed by atoms with Gasteiger partial charge in [0, 0.05) is 31.7 Å². The summed E-state index contributed by atoms with van der Waals surface area (Å²) in [5.74, 6) is -0.396. The molecule has 0 radical (unpaired) electrons. The maximum absolute atomic E-state index is 12.9. The molecule has 1 heterocycles. The van der Waals surface area contributed by atoms with Crippen molar-refractivity contribution in [1.29, 1.82) is 0 Å². The summed E-state index contributed by atoms with van der Waals surface area (Å²) in [6.45, 7) is 1.70. The van der Waals surface area contributed by atoms with Crippen LogP contribution in [0.15, 0.2) is 78.9 Å². The fourth-order valence-corrected chi connectivity index (χ4v) is 3.85. The van der Waals surface area contributed by atoms with Gasteiger partial charge in [0.2, 0.25) is 0 Å². The Hall–Kier alpha value is -4.20. The van der Waals surface area contributed by atoms with Gasteiger partial charge in [0.25, 0.3) is 0 Å². The van der Waals surface area contributed by atoms with Gasteiger partial charge in [0.1, 0.15) is 17.9 Å². The van der Waals surface area contributed by atoms with Crippen molar-refractivity contribution in [2.75, 3.05) is 31.1 Å². The summed E-state index contributed by atoms with van der Waals surface area (Å²) >= 11 is 0. The Bertz CT molecular complexity index is 1140. The number of nitro groups is 1. The summed E-state index contributed by atoms with van der Waals surface area (Å²) in [6, 6.07) is 22.7. The van der Waals surface area contributed by atoms with E-state index in [2.05, 4.69) is 0 Å². The van der Waals surface area contributed by atoms with E-state index < -0.39 is 16.8 Å². The highest BCUT2D eigenvalue weighted by molar-refractivity contribution is 6.12. The lowest BCUT2D eigenvalue weighted by Crippen LogP contribution is -2.49. The summed E-state index contributed by atoms with van der Waals surface area (Å²) in [4.78, 5) is 40.2. The number of carbonyl (C=O) groups excluding carboxylic acids is 2. The number of hydrogen-bond acceptors (Lipinski definition) is 6. The van der Waals surface area contributed by atoms with Crippen LogP contribution in [0.3, 0.4) is 0 Å². The molecular weight excluding hydrogens is 422 g/mol. The molecule has 0 N–H and O–H groups in total. The first-order valence-electron chi connectivity index (χ1n) is 10.6. The summed E-state index contributed by atoms with van der Waals surface area (Å²) in [7, 11) is 0. The van der Waals surface area contributed by atoms with Crippen molar-refractivity contribution >= 4 is 23.3 Å². The minimum absolute atomic E-state index is 0.0494. The van der Waals surface area contributed by atoms with E-state index in [-0.39, 0.29) is 17.9 Å². The third kappa shape index (κ3) is 5.01. The largest absolute Gasteiger partial charge is 0.445 e. The molecule has 33 heavy (non-hydrogen) atoms. The molecule has 0 aliphatic carbocycles. The molecule has 8 heteroatoms. The molecule has 168 valence electrons. The lowest BCUT2D eigenvalue weighted by Gasteiger charge is -2.35. The van der Waals surface area contributed by atoms with Crippen molar-refractivity contribution in [3.63, 3.8) is 0 Å². The molecule has 1 saturated heterocycles. The Morgan fingerprint density at radius 2 is 1.48 bits per heavy atom. The standard InChI is InChI=1S/C25H23N3O5/c29-24(20-10-5-2-6-11-20)21-12-7-13-22(23(21)28(31)32)26-14-16-27(17-15-26)25(30)33-18-19-8-3-1-4-9-19/h1-13H,14-18H2. The predicted octanol–water partition coefficient (Wildman–Crippen LogP) is 4.28. The van der Waals surface area contributed by atoms with Crippen molar-refractivity contribution in [1.82, 2.24) is 4.90 Å². The molecule has 0 aromatic heterocycles. The Morgan fingerprint density at radius 1 is 0.848 bits per heavy atom. The second-order valence-corrected chi connectivity index (χ2v) is 7.64. The molecule has 1 fully saturated rings. The molecule has 1 aliphatic heterocycles. The van der Waals surface area contributed by atoms with Crippen LogP contribution in [-0.2, 0) is 11.3 Å². The smallest absolute Gasteiger partial charge is 0.410 e. The van der Waals surface area contributed by atoms with Crippen LogP contribution in [-0.4, -0.2) is 47.9 Å². The Morgan fingerprint density at radius 3 is 2.12 bits per heavy atom. The zero-order chi connectivity index (χ0) is 23.2. The number of para-hydroxylation sites is 1. The van der Waals surface area contributed by atoms with Gasteiger partial charge in [0.15, 0.2) is 5.78 Å². The van der Waals surface area contributed by atoms with Crippen LogP contribution in [0, 0.1) is 10.1 Å². The van der Waals surface area contributed by atoms with Gasteiger partial charge in [-0.1, -0.05) is 66.7 Å². The van der Waals surface area contributed by atoms with E-state index in [1.807, 2.05) is 35.2 Å². The number of nitrogens with zero attached hydrogens (tertiary/aromatic N) is 3. The van der Waals surface area contributed by atoms with E-state index in [0.29, 0.717) is 37.4 Å². The Balaban J connectivity index is 1.46. The van der Waals surface area contributed by atoms with Gasteiger partial charge in [0.05, 0.1) is 4.92 Å². The highest BCUT2D eigenvalue weighted by Crippen LogP contribution is 2.34. The number of rotatable bonds is 6. The lowest BCUT2D eigenvalue weighted by molar-refractivity contribution is -0.384. The van der Waals surface area contributed by atoms with Crippen LogP contribution in [0.5, 0.6) is 0 Å². The van der Waals surface area contributed by atoms with Crippen LogP contribution in [0.1, 0.15) is 21.5 Å². The van der Waals surface area contributed by atoms with Gasteiger partial charge in [-0.25, -0.2) is 4.79 Å². The van der Waals surface area contributed by atoms with Crippen LogP contribution < -0.4 is 4.90 Å². The molecule has 0 spiro atoms. The summed E-state index contributed by atoms with van der Waals surface area (Å²) in [5.41, 5.74) is 1.50. The number of hydrogen-bond donors (Lipinski definition) is 0. The summed E-state index contributed by atoms with van der Waals surface area (Å²) < 4.78 is 5.39. The van der Waals surface area contributed by atoms with E-state index in [1.165, 1.54) is 6.07 Å². The van der Waals surface area contributed by atoms with Gasteiger partial charge in [-0.15, -0.1) is 0 Å². The van der Waals surface area contributed by atoms with Crippen molar-refractivity contribution in [2.45, 2.75) is 6.61 Å². The lowest BCUT2D eigenvalue weighted by atomic mass is 10.0. The van der Waals surface area contributed by atoms with Crippen molar-refractivity contribution in [3.8, 4) is 0 Å². The van der Waals surface area contributed by atoms with Gasteiger partial charge in [-0.3, -0.25) is 14.9 Å².